The molecule has 1 unspecified atom stereocenters. The molecule has 0 aromatic heterocycles. The lowest BCUT2D eigenvalue weighted by Gasteiger charge is -2.42. The Kier molecular flexibility index (Phi) is 3.48. The van der Waals surface area contributed by atoms with E-state index in [0.717, 1.165) is 19.6 Å². The molecule has 18 heavy (non-hydrogen) atoms. The normalized spacial score (nSPS) is 22.3. The zero-order valence-electron chi connectivity index (χ0n) is 10.7. The SMILES string of the molecule is COC1(CC(Br)c2ccc3c(c2)COC3)CCC1. The van der Waals surface area contributed by atoms with Gasteiger partial charge in [-0.1, -0.05) is 34.1 Å². The van der Waals surface area contributed by atoms with Gasteiger partial charge in [0.25, 0.3) is 0 Å². The Hall–Kier alpha value is -0.380. The molecule has 1 aliphatic heterocycles. The average Bonchev–Trinajstić information content (AvgIpc) is 2.80. The third kappa shape index (κ3) is 2.24. The molecule has 3 rings (SSSR count). The van der Waals surface area contributed by atoms with Gasteiger partial charge in [0.2, 0.25) is 0 Å². The van der Waals surface area contributed by atoms with Crippen molar-refractivity contribution in [3.05, 3.63) is 34.9 Å². The van der Waals surface area contributed by atoms with Gasteiger partial charge in [-0.2, -0.15) is 0 Å². The summed E-state index contributed by atoms with van der Waals surface area (Å²) in [5.41, 5.74) is 4.15. The topological polar surface area (TPSA) is 18.5 Å². The van der Waals surface area contributed by atoms with Gasteiger partial charge in [-0.15, -0.1) is 0 Å². The van der Waals surface area contributed by atoms with Crippen molar-refractivity contribution in [1.82, 2.24) is 0 Å². The molecule has 1 saturated carbocycles. The van der Waals surface area contributed by atoms with Crippen LogP contribution in [0.25, 0.3) is 0 Å². The summed E-state index contributed by atoms with van der Waals surface area (Å²) < 4.78 is 11.2. The minimum atomic E-state index is 0.115. The first-order chi connectivity index (χ1) is 8.72. The Morgan fingerprint density at radius 1 is 1.33 bits per heavy atom. The van der Waals surface area contributed by atoms with Crippen LogP contribution in [0.3, 0.4) is 0 Å². The quantitative estimate of drug-likeness (QED) is 0.779. The highest BCUT2D eigenvalue weighted by atomic mass is 79.9. The molecule has 98 valence electrons. The lowest BCUT2D eigenvalue weighted by Crippen LogP contribution is -2.39. The maximum Gasteiger partial charge on any atom is 0.0725 e. The number of hydrogen-bond donors (Lipinski definition) is 0. The maximum atomic E-state index is 5.70. The largest absolute Gasteiger partial charge is 0.378 e. The van der Waals surface area contributed by atoms with Gasteiger partial charge in [-0.3, -0.25) is 0 Å². The van der Waals surface area contributed by atoms with Crippen LogP contribution in [0.15, 0.2) is 18.2 Å². The monoisotopic (exact) mass is 310 g/mol. The Morgan fingerprint density at radius 2 is 2.11 bits per heavy atom. The first kappa shape index (κ1) is 12.6. The van der Waals surface area contributed by atoms with E-state index >= 15 is 0 Å². The molecule has 1 aliphatic carbocycles. The number of alkyl halides is 1. The molecule has 0 radical (unpaired) electrons. The van der Waals surface area contributed by atoms with E-state index in [1.807, 2.05) is 7.11 Å². The molecule has 3 heteroatoms. The van der Waals surface area contributed by atoms with Gasteiger partial charge in [0.05, 0.1) is 18.8 Å². The first-order valence-corrected chi connectivity index (χ1v) is 7.53. The molecule has 1 aromatic rings. The van der Waals surface area contributed by atoms with Crippen molar-refractivity contribution >= 4 is 15.9 Å². The Bertz CT molecular complexity index is 435. The Balaban J connectivity index is 1.74. The summed E-state index contributed by atoms with van der Waals surface area (Å²) in [6.07, 6.45) is 4.74. The molecule has 1 aromatic carbocycles. The molecule has 2 nitrogen and oxygen atoms in total. The number of halogens is 1. The fraction of sp³-hybridized carbons (Fsp3) is 0.600. The fourth-order valence-corrected chi connectivity index (χ4v) is 3.77. The van der Waals surface area contributed by atoms with Crippen molar-refractivity contribution in [2.45, 2.75) is 49.3 Å². The molecular formula is C15H19BrO2. The number of rotatable bonds is 4. The second-order valence-corrected chi connectivity index (χ2v) is 6.54. The number of ether oxygens (including phenoxy) is 2. The van der Waals surface area contributed by atoms with E-state index < -0.39 is 0 Å². The molecule has 1 atom stereocenters. The average molecular weight is 311 g/mol. The van der Waals surface area contributed by atoms with Crippen molar-refractivity contribution in [3.63, 3.8) is 0 Å². The highest BCUT2D eigenvalue weighted by molar-refractivity contribution is 9.09. The summed E-state index contributed by atoms with van der Waals surface area (Å²) >= 11 is 3.82. The molecule has 2 aliphatic rings. The van der Waals surface area contributed by atoms with Gasteiger partial charge >= 0.3 is 0 Å². The van der Waals surface area contributed by atoms with Gasteiger partial charge in [-0.25, -0.2) is 0 Å². The Labute approximate surface area is 117 Å². The van der Waals surface area contributed by atoms with Crippen molar-refractivity contribution in [2.75, 3.05) is 7.11 Å². The molecule has 1 heterocycles. The second kappa shape index (κ2) is 4.95. The molecule has 0 bridgehead atoms. The zero-order chi connectivity index (χ0) is 12.6. The minimum absolute atomic E-state index is 0.115. The smallest absolute Gasteiger partial charge is 0.0725 e. The van der Waals surface area contributed by atoms with Crippen LogP contribution >= 0.6 is 15.9 Å². The number of methoxy groups -OCH3 is 1. The summed E-state index contributed by atoms with van der Waals surface area (Å²) in [5, 5.41) is 0. The van der Waals surface area contributed by atoms with Crippen molar-refractivity contribution in [1.29, 1.82) is 0 Å². The van der Waals surface area contributed by atoms with Crippen molar-refractivity contribution in [3.8, 4) is 0 Å². The summed E-state index contributed by atoms with van der Waals surface area (Å²) in [4.78, 5) is 0.378. The standard InChI is InChI=1S/C15H19BrO2/c1-17-15(5-2-6-15)8-14(16)11-3-4-12-9-18-10-13(12)7-11/h3-4,7,14H,2,5-6,8-10H2,1H3. The highest BCUT2D eigenvalue weighted by Gasteiger charge is 2.38. The van der Waals surface area contributed by atoms with Crippen LogP contribution in [0.5, 0.6) is 0 Å². The van der Waals surface area contributed by atoms with Gasteiger partial charge in [0, 0.05) is 11.9 Å². The third-order valence-corrected chi connectivity index (χ3v) is 5.21. The van der Waals surface area contributed by atoms with Crippen molar-refractivity contribution < 1.29 is 9.47 Å². The van der Waals surface area contributed by atoms with E-state index in [1.54, 1.807) is 0 Å². The summed E-state index contributed by atoms with van der Waals surface area (Å²) in [7, 11) is 1.84. The van der Waals surface area contributed by atoms with E-state index in [9.17, 15) is 0 Å². The maximum absolute atomic E-state index is 5.70. The molecule has 1 fully saturated rings. The van der Waals surface area contributed by atoms with E-state index in [0.29, 0.717) is 4.83 Å². The predicted octanol–water partition coefficient (Wildman–Crippen LogP) is 4.11. The summed E-state index contributed by atoms with van der Waals surface area (Å²) in [5.74, 6) is 0. The molecule has 0 N–H and O–H groups in total. The lowest BCUT2D eigenvalue weighted by molar-refractivity contribution is -0.0773. The summed E-state index contributed by atoms with van der Waals surface area (Å²) in [6.45, 7) is 1.53. The van der Waals surface area contributed by atoms with Gasteiger partial charge in [0.15, 0.2) is 0 Å². The number of benzene rings is 1. The van der Waals surface area contributed by atoms with Crippen LogP contribution in [-0.2, 0) is 22.7 Å². The fourth-order valence-electron chi connectivity index (χ4n) is 2.89. The molecule has 0 amide bonds. The number of fused-ring (bicyclic) bond motifs is 1. The predicted molar refractivity (Wildman–Crippen MR) is 74.8 cm³/mol. The van der Waals surface area contributed by atoms with Crippen LogP contribution in [0.1, 0.15) is 47.2 Å². The second-order valence-electron chi connectivity index (χ2n) is 5.43. The first-order valence-electron chi connectivity index (χ1n) is 6.61. The Morgan fingerprint density at radius 3 is 2.78 bits per heavy atom. The number of hydrogen-bond acceptors (Lipinski definition) is 2. The van der Waals surface area contributed by atoms with Gasteiger partial charge in [0.1, 0.15) is 0 Å². The van der Waals surface area contributed by atoms with E-state index in [4.69, 9.17) is 9.47 Å². The van der Waals surface area contributed by atoms with Crippen LogP contribution in [-0.4, -0.2) is 12.7 Å². The van der Waals surface area contributed by atoms with Crippen LogP contribution in [0.4, 0.5) is 0 Å². The van der Waals surface area contributed by atoms with Gasteiger partial charge < -0.3 is 9.47 Å². The van der Waals surface area contributed by atoms with Crippen LogP contribution in [0, 0.1) is 0 Å². The van der Waals surface area contributed by atoms with Crippen molar-refractivity contribution in [2.24, 2.45) is 0 Å². The van der Waals surface area contributed by atoms with Crippen LogP contribution < -0.4 is 0 Å². The molecule has 0 spiro atoms. The van der Waals surface area contributed by atoms with E-state index in [2.05, 4.69) is 34.1 Å². The zero-order valence-corrected chi connectivity index (χ0v) is 12.3. The molecule has 0 saturated heterocycles. The van der Waals surface area contributed by atoms with E-state index in [-0.39, 0.29) is 5.60 Å². The summed E-state index contributed by atoms with van der Waals surface area (Å²) in [6, 6.07) is 6.70. The minimum Gasteiger partial charge on any atom is -0.378 e. The highest BCUT2D eigenvalue weighted by Crippen LogP contribution is 2.44. The van der Waals surface area contributed by atoms with Gasteiger partial charge in [-0.05, 0) is 42.4 Å². The van der Waals surface area contributed by atoms with Crippen LogP contribution in [0.2, 0.25) is 0 Å². The lowest BCUT2D eigenvalue weighted by atomic mass is 9.76. The molecular weight excluding hydrogens is 292 g/mol. The third-order valence-electron chi connectivity index (χ3n) is 4.36. The van der Waals surface area contributed by atoms with E-state index in [1.165, 1.54) is 36.0 Å².